The molecule has 0 amide bonds. The Kier molecular flexibility index (Phi) is 3.69. The molecule has 0 fully saturated rings. The first-order valence-corrected chi connectivity index (χ1v) is 10.3. The van der Waals surface area contributed by atoms with E-state index in [1.807, 2.05) is 0 Å². The van der Waals surface area contributed by atoms with Gasteiger partial charge >= 0.3 is 0 Å². The van der Waals surface area contributed by atoms with Crippen LogP contribution in [0.4, 0.5) is 4.39 Å². The smallest absolute Gasteiger partial charge is 0.177 e. The van der Waals surface area contributed by atoms with E-state index in [0.717, 1.165) is 18.5 Å². The van der Waals surface area contributed by atoms with Gasteiger partial charge in [0, 0.05) is 29.8 Å². The summed E-state index contributed by atoms with van der Waals surface area (Å²) < 4.78 is 39.1. The average Bonchev–Trinajstić information content (AvgIpc) is 2.84. The van der Waals surface area contributed by atoms with Gasteiger partial charge in [-0.2, -0.15) is 0 Å². The highest BCUT2D eigenvalue weighted by molar-refractivity contribution is 9.10. The molecule has 0 radical (unpaired) electrons. The average molecular weight is 412 g/mol. The Balaban J connectivity index is 1.96. The lowest BCUT2D eigenvalue weighted by Gasteiger charge is -2.33. The molecule has 1 N–H and O–H groups in total. The fraction of sp³-hybridized carbons (Fsp3) is 0.353. The third-order valence-electron chi connectivity index (χ3n) is 4.84. The van der Waals surface area contributed by atoms with Crippen LogP contribution < -0.4 is 5.32 Å². The molecule has 24 heavy (non-hydrogen) atoms. The number of benzene rings is 1. The normalized spacial score (nSPS) is 25.4. The van der Waals surface area contributed by atoms with E-state index in [9.17, 15) is 17.6 Å². The lowest BCUT2D eigenvalue weighted by atomic mass is 9.79. The summed E-state index contributed by atoms with van der Waals surface area (Å²) in [7, 11) is -3.42. The highest BCUT2D eigenvalue weighted by Crippen LogP contribution is 2.47. The van der Waals surface area contributed by atoms with Gasteiger partial charge in [-0.3, -0.25) is 4.79 Å². The van der Waals surface area contributed by atoms with Crippen molar-refractivity contribution >= 4 is 31.6 Å². The van der Waals surface area contributed by atoms with Gasteiger partial charge in [0.1, 0.15) is 5.82 Å². The van der Waals surface area contributed by atoms with E-state index < -0.39 is 21.6 Å². The molecule has 126 valence electrons. The van der Waals surface area contributed by atoms with Crippen molar-refractivity contribution in [3.8, 4) is 0 Å². The number of allylic oxidation sites excluding steroid dienone is 4. The molecule has 2 aliphatic heterocycles. The predicted octanol–water partition coefficient (Wildman–Crippen LogP) is 3.31. The number of carbonyl (C=O) groups excluding carboxylic acids is 1. The second-order valence-electron chi connectivity index (χ2n) is 6.31. The summed E-state index contributed by atoms with van der Waals surface area (Å²) in [6, 6.07) is 4.45. The van der Waals surface area contributed by atoms with Crippen LogP contribution in [0.1, 0.15) is 37.2 Å². The minimum atomic E-state index is -3.42. The Morgan fingerprint density at radius 2 is 1.96 bits per heavy atom. The fourth-order valence-electron chi connectivity index (χ4n) is 3.79. The van der Waals surface area contributed by atoms with Gasteiger partial charge in [-0.15, -0.1) is 0 Å². The van der Waals surface area contributed by atoms with Crippen molar-refractivity contribution in [2.45, 2.75) is 31.6 Å². The molecule has 2 heterocycles. The zero-order chi connectivity index (χ0) is 17.1. The van der Waals surface area contributed by atoms with Crippen molar-refractivity contribution in [1.29, 1.82) is 0 Å². The summed E-state index contributed by atoms with van der Waals surface area (Å²) in [5.74, 6) is -1.02. The molecule has 1 unspecified atom stereocenters. The summed E-state index contributed by atoms with van der Waals surface area (Å²) >= 11 is 3.16. The number of rotatable bonds is 1. The van der Waals surface area contributed by atoms with Crippen molar-refractivity contribution < 1.29 is 17.6 Å². The molecule has 1 aromatic rings. The Labute approximate surface area is 147 Å². The number of halogens is 2. The topological polar surface area (TPSA) is 63.2 Å². The minimum Gasteiger partial charge on any atom is -0.361 e. The van der Waals surface area contributed by atoms with E-state index in [2.05, 4.69) is 21.2 Å². The standard InChI is InChI=1S/C17H15BrFNO3S/c18-10-8-9(4-5-11(10)19)15-16-12(2-1-3-14(16)21)20-13-6-7-24(22,23)17(13)15/h4-5,8,15,20H,1-3,6-7H2. The van der Waals surface area contributed by atoms with E-state index >= 15 is 0 Å². The highest BCUT2D eigenvalue weighted by atomic mass is 79.9. The monoisotopic (exact) mass is 411 g/mol. The number of Topliss-reactive ketones (excluding diaryl/α,β-unsaturated/α-hetero) is 1. The van der Waals surface area contributed by atoms with Crippen LogP contribution in [0.5, 0.6) is 0 Å². The zero-order valence-corrected chi connectivity index (χ0v) is 15.1. The van der Waals surface area contributed by atoms with Crippen LogP contribution in [-0.2, 0) is 14.6 Å². The first kappa shape index (κ1) is 16.0. The number of hydrogen-bond donors (Lipinski definition) is 1. The van der Waals surface area contributed by atoms with Crippen LogP contribution in [0.25, 0.3) is 0 Å². The Morgan fingerprint density at radius 1 is 1.17 bits per heavy atom. The number of hydrogen-bond acceptors (Lipinski definition) is 4. The van der Waals surface area contributed by atoms with Crippen molar-refractivity contribution in [2.24, 2.45) is 0 Å². The maximum atomic E-state index is 13.6. The van der Waals surface area contributed by atoms with E-state index in [0.29, 0.717) is 29.7 Å². The number of nitrogens with one attached hydrogen (secondary N) is 1. The summed E-state index contributed by atoms with van der Waals surface area (Å²) in [6.45, 7) is 0. The summed E-state index contributed by atoms with van der Waals surface area (Å²) in [6.07, 6.45) is 2.35. The lowest BCUT2D eigenvalue weighted by molar-refractivity contribution is -0.116. The molecule has 4 nitrogen and oxygen atoms in total. The van der Waals surface area contributed by atoms with Crippen LogP contribution >= 0.6 is 15.9 Å². The number of sulfone groups is 1. The number of dihydropyridines is 1. The SMILES string of the molecule is O=C1CCCC2=C1C(c1ccc(F)c(Br)c1)C1=C(CCS1(=O)=O)N2. The molecule has 0 spiro atoms. The molecular formula is C17H15BrFNO3S. The summed E-state index contributed by atoms with van der Waals surface area (Å²) in [5.41, 5.74) is 2.68. The molecule has 1 aliphatic carbocycles. The zero-order valence-electron chi connectivity index (χ0n) is 12.7. The van der Waals surface area contributed by atoms with Gasteiger partial charge in [-0.05, 0) is 46.5 Å². The first-order valence-electron chi connectivity index (χ1n) is 7.82. The molecule has 3 aliphatic rings. The largest absolute Gasteiger partial charge is 0.361 e. The van der Waals surface area contributed by atoms with Crippen molar-refractivity contribution in [1.82, 2.24) is 5.32 Å². The van der Waals surface area contributed by atoms with E-state index in [1.54, 1.807) is 12.1 Å². The minimum absolute atomic E-state index is 0.0251. The molecule has 0 aromatic heterocycles. The maximum Gasteiger partial charge on any atom is 0.177 e. The third-order valence-corrected chi connectivity index (χ3v) is 7.34. The van der Waals surface area contributed by atoms with Gasteiger partial charge < -0.3 is 5.32 Å². The van der Waals surface area contributed by atoms with Crippen molar-refractivity contribution in [2.75, 3.05) is 5.75 Å². The molecule has 1 aromatic carbocycles. The van der Waals surface area contributed by atoms with Crippen LogP contribution in [0.2, 0.25) is 0 Å². The third kappa shape index (κ3) is 2.37. The van der Waals surface area contributed by atoms with Crippen LogP contribution in [-0.4, -0.2) is 20.0 Å². The second kappa shape index (κ2) is 5.52. The van der Waals surface area contributed by atoms with Crippen molar-refractivity contribution in [3.05, 3.63) is 55.9 Å². The van der Waals surface area contributed by atoms with Crippen LogP contribution in [0.3, 0.4) is 0 Å². The molecule has 0 saturated heterocycles. The van der Waals surface area contributed by atoms with Gasteiger partial charge in [-0.1, -0.05) is 6.07 Å². The van der Waals surface area contributed by atoms with Crippen molar-refractivity contribution in [3.63, 3.8) is 0 Å². The Morgan fingerprint density at radius 3 is 2.71 bits per heavy atom. The lowest BCUT2D eigenvalue weighted by Crippen LogP contribution is -2.32. The Bertz CT molecular complexity index is 933. The van der Waals surface area contributed by atoms with Gasteiger partial charge in [0.2, 0.25) is 0 Å². The second-order valence-corrected chi connectivity index (χ2v) is 9.24. The fourth-order valence-corrected chi connectivity index (χ4v) is 6.02. The maximum absolute atomic E-state index is 13.6. The molecule has 1 atom stereocenters. The van der Waals surface area contributed by atoms with Gasteiger partial charge in [0.15, 0.2) is 15.6 Å². The quantitative estimate of drug-likeness (QED) is 0.769. The summed E-state index contributed by atoms with van der Waals surface area (Å²) in [5, 5.41) is 3.20. The predicted molar refractivity (Wildman–Crippen MR) is 91.3 cm³/mol. The number of carbonyl (C=O) groups is 1. The van der Waals surface area contributed by atoms with Crippen LogP contribution in [0, 0.1) is 5.82 Å². The van der Waals surface area contributed by atoms with E-state index in [-0.39, 0.29) is 20.9 Å². The Hall–Kier alpha value is -1.47. The van der Waals surface area contributed by atoms with Gasteiger partial charge in [-0.25, -0.2) is 12.8 Å². The molecule has 0 bridgehead atoms. The molecular weight excluding hydrogens is 397 g/mol. The molecule has 0 saturated carbocycles. The summed E-state index contributed by atoms with van der Waals surface area (Å²) in [4.78, 5) is 12.8. The van der Waals surface area contributed by atoms with Gasteiger partial charge in [0.05, 0.1) is 21.0 Å². The van der Waals surface area contributed by atoms with Crippen LogP contribution in [0.15, 0.2) is 44.5 Å². The highest BCUT2D eigenvalue weighted by Gasteiger charge is 2.44. The molecule has 7 heteroatoms. The van der Waals surface area contributed by atoms with Gasteiger partial charge in [0.25, 0.3) is 0 Å². The van der Waals surface area contributed by atoms with E-state index in [4.69, 9.17) is 0 Å². The first-order chi connectivity index (χ1) is 11.4. The van der Waals surface area contributed by atoms with E-state index in [1.165, 1.54) is 6.07 Å². The molecule has 4 rings (SSSR count). The number of ketones is 1.